The molecule has 3 aromatic carbocycles. The van der Waals surface area contributed by atoms with E-state index in [0.717, 1.165) is 0 Å². The van der Waals surface area contributed by atoms with Crippen molar-refractivity contribution in [1.82, 2.24) is 0 Å². The molecule has 0 heterocycles. The number of non-ortho nitro benzene ring substituents is 1. The van der Waals surface area contributed by atoms with E-state index in [-0.39, 0.29) is 10.6 Å². The first-order chi connectivity index (χ1) is 15.2. The van der Waals surface area contributed by atoms with E-state index in [9.17, 15) is 23.3 Å². The number of hydrogen-bond donors (Lipinski definition) is 2. The lowest BCUT2D eigenvalue weighted by Gasteiger charge is -2.12. The monoisotopic (exact) mass is 471 g/mol. The molecule has 0 radical (unpaired) electrons. The Kier molecular flexibility index (Phi) is 6.92. The van der Waals surface area contributed by atoms with Crippen LogP contribution in [0.2, 0.25) is 5.02 Å². The summed E-state index contributed by atoms with van der Waals surface area (Å²) >= 11 is 6.03. The maximum Gasteiger partial charge on any atom is 0.269 e. The average molecular weight is 472 g/mol. The van der Waals surface area contributed by atoms with Crippen molar-refractivity contribution in [3.63, 3.8) is 0 Å². The van der Waals surface area contributed by atoms with Gasteiger partial charge in [0.15, 0.2) is 0 Å². The second-order valence-corrected chi connectivity index (χ2v) is 8.80. The molecule has 0 fully saturated rings. The number of hydrogen-bond acceptors (Lipinski definition) is 5. The summed E-state index contributed by atoms with van der Waals surface area (Å²) in [7, 11) is -3.84. The molecule has 1 amide bonds. The molecule has 8 nitrogen and oxygen atoms in total. The lowest BCUT2D eigenvalue weighted by atomic mass is 10.2. The molecule has 0 aliphatic heterocycles. The fourth-order valence-corrected chi connectivity index (χ4v) is 4.00. The Morgan fingerprint density at radius 3 is 2.31 bits per heavy atom. The van der Waals surface area contributed by atoms with Crippen LogP contribution >= 0.6 is 11.6 Å². The quantitative estimate of drug-likeness (QED) is 0.285. The van der Waals surface area contributed by atoms with Crippen LogP contribution in [0.4, 0.5) is 17.1 Å². The van der Waals surface area contributed by atoms with Gasteiger partial charge in [-0.1, -0.05) is 17.7 Å². The van der Waals surface area contributed by atoms with Crippen molar-refractivity contribution in [2.75, 3.05) is 10.0 Å². The van der Waals surface area contributed by atoms with Gasteiger partial charge in [-0.2, -0.15) is 0 Å². The van der Waals surface area contributed by atoms with Crippen LogP contribution in [0.15, 0.2) is 77.7 Å². The van der Waals surface area contributed by atoms with Crippen LogP contribution < -0.4 is 10.0 Å². The lowest BCUT2D eigenvalue weighted by Crippen LogP contribution is -2.14. The number of sulfonamides is 1. The molecule has 3 rings (SSSR count). The van der Waals surface area contributed by atoms with E-state index in [4.69, 9.17) is 11.6 Å². The van der Waals surface area contributed by atoms with Gasteiger partial charge in [-0.15, -0.1) is 0 Å². The van der Waals surface area contributed by atoms with Crippen molar-refractivity contribution < 1.29 is 18.1 Å². The van der Waals surface area contributed by atoms with Crippen LogP contribution in [-0.4, -0.2) is 19.2 Å². The summed E-state index contributed by atoms with van der Waals surface area (Å²) in [6.45, 7) is 1.71. The summed E-state index contributed by atoms with van der Waals surface area (Å²) in [4.78, 5) is 22.3. The largest absolute Gasteiger partial charge is 0.323 e. The molecule has 10 heteroatoms. The van der Waals surface area contributed by atoms with Crippen LogP contribution in [0.5, 0.6) is 0 Å². The first-order valence-corrected chi connectivity index (χ1v) is 11.1. The highest BCUT2D eigenvalue weighted by Crippen LogP contribution is 2.26. The molecule has 2 N–H and O–H groups in total. The molecule has 0 unspecified atom stereocenters. The highest BCUT2D eigenvalue weighted by molar-refractivity contribution is 7.92. The highest BCUT2D eigenvalue weighted by atomic mass is 35.5. The molecule has 0 aliphatic carbocycles. The Labute approximate surface area is 189 Å². The van der Waals surface area contributed by atoms with E-state index in [1.54, 1.807) is 25.1 Å². The first kappa shape index (κ1) is 23.0. The zero-order valence-corrected chi connectivity index (χ0v) is 18.4. The number of benzene rings is 3. The minimum absolute atomic E-state index is 0.0243. The number of nitro benzene ring substituents is 1. The van der Waals surface area contributed by atoms with Crippen molar-refractivity contribution in [2.24, 2.45) is 0 Å². The van der Waals surface area contributed by atoms with Crippen LogP contribution in [0.1, 0.15) is 11.1 Å². The molecule has 0 aromatic heterocycles. The number of nitrogens with zero attached hydrogens (tertiary/aromatic N) is 1. The number of carbonyl (C=O) groups excluding carboxylic acids is 1. The Bertz CT molecular complexity index is 1290. The minimum atomic E-state index is -3.84. The third kappa shape index (κ3) is 5.71. The normalized spacial score (nSPS) is 11.3. The summed E-state index contributed by atoms with van der Waals surface area (Å²) in [5, 5.41) is 13.7. The summed E-state index contributed by atoms with van der Waals surface area (Å²) in [5.41, 5.74) is 1.98. The van der Waals surface area contributed by atoms with Gasteiger partial charge in [0.25, 0.3) is 15.7 Å². The van der Waals surface area contributed by atoms with Gasteiger partial charge < -0.3 is 5.32 Å². The number of nitro groups is 1. The maximum absolute atomic E-state index is 12.6. The third-order valence-corrected chi connectivity index (χ3v) is 6.27. The van der Waals surface area contributed by atoms with Gasteiger partial charge >= 0.3 is 0 Å². The van der Waals surface area contributed by atoms with E-state index in [1.165, 1.54) is 60.7 Å². The molecule has 0 spiro atoms. The molecule has 3 aromatic rings. The zero-order chi connectivity index (χ0) is 23.3. The van der Waals surface area contributed by atoms with Gasteiger partial charge in [-0.3, -0.25) is 19.6 Å². The van der Waals surface area contributed by atoms with Crippen LogP contribution in [0.3, 0.4) is 0 Å². The summed E-state index contributed by atoms with van der Waals surface area (Å²) in [6, 6.07) is 16.4. The third-order valence-electron chi connectivity index (χ3n) is 4.48. The fourth-order valence-electron chi connectivity index (χ4n) is 2.70. The number of nitrogens with one attached hydrogen (secondary N) is 2. The lowest BCUT2D eigenvalue weighted by molar-refractivity contribution is -0.384. The van der Waals surface area contributed by atoms with Crippen molar-refractivity contribution in [2.45, 2.75) is 11.8 Å². The number of anilines is 2. The molecule has 32 heavy (non-hydrogen) atoms. The van der Waals surface area contributed by atoms with Crippen molar-refractivity contribution >= 4 is 50.7 Å². The Morgan fingerprint density at radius 2 is 1.69 bits per heavy atom. The van der Waals surface area contributed by atoms with E-state index in [1.807, 2.05) is 0 Å². The predicted octanol–water partition coefficient (Wildman–Crippen LogP) is 5.01. The SMILES string of the molecule is Cc1c(Cl)cccc1NS(=O)(=O)c1ccc(NC(=O)/C=C/c2ccc([N+](=O)[O-])cc2)cc1. The Hall–Kier alpha value is -3.69. The Balaban J connectivity index is 1.65. The average Bonchev–Trinajstić information content (AvgIpc) is 2.76. The Morgan fingerprint density at radius 1 is 1.03 bits per heavy atom. The second-order valence-electron chi connectivity index (χ2n) is 6.71. The summed E-state index contributed by atoms with van der Waals surface area (Å²) in [6.07, 6.45) is 2.78. The van der Waals surface area contributed by atoms with Crippen LogP contribution in [0.25, 0.3) is 6.08 Å². The van der Waals surface area contributed by atoms with E-state index in [0.29, 0.717) is 27.5 Å². The highest BCUT2D eigenvalue weighted by Gasteiger charge is 2.16. The number of rotatable bonds is 7. The molecular weight excluding hydrogens is 454 g/mol. The smallest absolute Gasteiger partial charge is 0.269 e. The van der Waals surface area contributed by atoms with Crippen LogP contribution in [0, 0.1) is 17.0 Å². The zero-order valence-electron chi connectivity index (χ0n) is 16.8. The molecule has 164 valence electrons. The minimum Gasteiger partial charge on any atom is -0.323 e. The van der Waals surface area contributed by atoms with E-state index in [2.05, 4.69) is 10.0 Å². The molecule has 0 saturated carbocycles. The summed E-state index contributed by atoms with van der Waals surface area (Å²) < 4.78 is 27.8. The summed E-state index contributed by atoms with van der Waals surface area (Å²) in [5.74, 6) is -0.438. The predicted molar refractivity (Wildman–Crippen MR) is 124 cm³/mol. The first-order valence-electron chi connectivity index (χ1n) is 9.27. The topological polar surface area (TPSA) is 118 Å². The van der Waals surface area contributed by atoms with Crippen molar-refractivity contribution in [1.29, 1.82) is 0 Å². The number of carbonyl (C=O) groups is 1. The van der Waals surface area contributed by atoms with Gasteiger partial charge in [-0.25, -0.2) is 8.42 Å². The standard InChI is InChI=1S/C22H18ClN3O5S/c1-15-20(23)3-2-4-21(15)25-32(30,31)19-12-8-17(9-13-19)24-22(27)14-7-16-5-10-18(11-6-16)26(28)29/h2-14,25H,1H3,(H,24,27)/b14-7+. The van der Waals surface area contributed by atoms with Gasteiger partial charge in [0.1, 0.15) is 0 Å². The number of halogens is 1. The van der Waals surface area contributed by atoms with E-state index < -0.39 is 20.9 Å². The molecular formula is C22H18ClN3O5S. The molecule has 0 aliphatic rings. The molecule has 0 saturated heterocycles. The maximum atomic E-state index is 12.6. The molecule has 0 bridgehead atoms. The van der Waals surface area contributed by atoms with E-state index >= 15 is 0 Å². The van der Waals surface area contributed by atoms with Gasteiger partial charge in [0.2, 0.25) is 5.91 Å². The van der Waals surface area contributed by atoms with Crippen LogP contribution in [-0.2, 0) is 14.8 Å². The molecule has 0 atom stereocenters. The van der Waals surface area contributed by atoms with Crippen molar-refractivity contribution in [3.05, 3.63) is 99.1 Å². The van der Waals surface area contributed by atoms with Gasteiger partial charge in [0, 0.05) is 28.9 Å². The second kappa shape index (κ2) is 9.63. The fraction of sp³-hybridized carbons (Fsp3) is 0.0455. The number of amides is 1. The van der Waals surface area contributed by atoms with Crippen molar-refractivity contribution in [3.8, 4) is 0 Å². The van der Waals surface area contributed by atoms with Gasteiger partial charge in [0.05, 0.1) is 15.5 Å². The van der Waals surface area contributed by atoms with Gasteiger partial charge in [-0.05, 0) is 72.7 Å².